The minimum absolute atomic E-state index is 0.263. The summed E-state index contributed by atoms with van der Waals surface area (Å²) in [6, 6.07) is 0. The Labute approximate surface area is 90.3 Å². The van der Waals surface area contributed by atoms with E-state index in [0.717, 1.165) is 0 Å². The SMILES string of the molecule is C[C@@H]1[C@@H](O)[C@H](C(C)(C)C)O[C@H](CF)[C@@H]1O. The van der Waals surface area contributed by atoms with Crippen LogP contribution in [-0.2, 0) is 4.74 Å². The van der Waals surface area contributed by atoms with Crippen LogP contribution < -0.4 is 0 Å². The molecule has 90 valence electrons. The molecule has 3 nitrogen and oxygen atoms in total. The fourth-order valence-corrected chi connectivity index (χ4v) is 2.01. The van der Waals surface area contributed by atoms with Crippen LogP contribution in [0.5, 0.6) is 0 Å². The molecule has 1 aliphatic heterocycles. The third-order valence-corrected chi connectivity index (χ3v) is 3.10. The second-order valence-electron chi connectivity index (χ2n) is 5.46. The zero-order chi connectivity index (χ0) is 11.8. The number of hydrogen-bond donors (Lipinski definition) is 2. The van der Waals surface area contributed by atoms with Crippen LogP contribution >= 0.6 is 0 Å². The van der Waals surface area contributed by atoms with E-state index in [1.54, 1.807) is 6.92 Å². The molecule has 0 bridgehead atoms. The number of aliphatic hydroxyl groups is 2. The quantitative estimate of drug-likeness (QED) is 0.696. The van der Waals surface area contributed by atoms with E-state index in [4.69, 9.17) is 4.74 Å². The molecule has 5 atom stereocenters. The second kappa shape index (κ2) is 4.36. The largest absolute Gasteiger partial charge is 0.390 e. The van der Waals surface area contributed by atoms with Gasteiger partial charge in [0, 0.05) is 5.92 Å². The molecule has 0 unspecified atom stereocenters. The van der Waals surface area contributed by atoms with E-state index >= 15 is 0 Å². The average molecular weight is 220 g/mol. The molecular weight excluding hydrogens is 199 g/mol. The molecule has 2 N–H and O–H groups in total. The van der Waals surface area contributed by atoms with Gasteiger partial charge < -0.3 is 14.9 Å². The van der Waals surface area contributed by atoms with Crippen molar-refractivity contribution in [2.24, 2.45) is 11.3 Å². The van der Waals surface area contributed by atoms with Crippen LogP contribution in [0, 0.1) is 11.3 Å². The van der Waals surface area contributed by atoms with E-state index in [0.29, 0.717) is 0 Å². The standard InChI is InChI=1S/C11H21FO3/c1-6-8(13)7(5-12)15-10(9(6)14)11(2,3)4/h6-10,13-14H,5H2,1-4H3/t6-,7+,8+,9+,10+/m0/s1. The van der Waals surface area contributed by atoms with Crippen molar-refractivity contribution in [1.82, 2.24) is 0 Å². The lowest BCUT2D eigenvalue weighted by Crippen LogP contribution is -2.57. The Morgan fingerprint density at radius 2 is 1.73 bits per heavy atom. The first-order valence-electron chi connectivity index (χ1n) is 5.36. The van der Waals surface area contributed by atoms with Crippen LogP contribution in [0.1, 0.15) is 27.7 Å². The van der Waals surface area contributed by atoms with Gasteiger partial charge in [-0.1, -0.05) is 27.7 Å². The lowest BCUT2D eigenvalue weighted by molar-refractivity contribution is -0.225. The monoisotopic (exact) mass is 220 g/mol. The molecule has 0 amide bonds. The van der Waals surface area contributed by atoms with Crippen molar-refractivity contribution >= 4 is 0 Å². The molecule has 0 aromatic heterocycles. The molecule has 0 radical (unpaired) electrons. The zero-order valence-electron chi connectivity index (χ0n) is 9.77. The number of hydrogen-bond acceptors (Lipinski definition) is 3. The first kappa shape index (κ1) is 12.9. The number of rotatable bonds is 1. The van der Waals surface area contributed by atoms with Gasteiger partial charge in [-0.3, -0.25) is 0 Å². The van der Waals surface area contributed by atoms with E-state index < -0.39 is 31.1 Å². The van der Waals surface area contributed by atoms with Gasteiger partial charge in [0.05, 0.1) is 18.3 Å². The van der Waals surface area contributed by atoms with Gasteiger partial charge in [-0.2, -0.15) is 0 Å². The summed E-state index contributed by atoms with van der Waals surface area (Å²) in [7, 11) is 0. The molecule has 1 heterocycles. The highest BCUT2D eigenvalue weighted by Crippen LogP contribution is 2.35. The molecule has 1 saturated heterocycles. The maximum absolute atomic E-state index is 12.6. The Morgan fingerprint density at radius 3 is 2.13 bits per heavy atom. The molecule has 1 aliphatic rings. The topological polar surface area (TPSA) is 49.7 Å². The molecule has 0 aromatic rings. The van der Waals surface area contributed by atoms with Gasteiger partial charge >= 0.3 is 0 Å². The van der Waals surface area contributed by atoms with Crippen LogP contribution in [0.3, 0.4) is 0 Å². The molecule has 0 spiro atoms. The van der Waals surface area contributed by atoms with Gasteiger partial charge in [0.2, 0.25) is 0 Å². The number of aliphatic hydroxyl groups excluding tert-OH is 2. The minimum Gasteiger partial charge on any atom is -0.390 e. The number of alkyl halides is 1. The Kier molecular flexibility index (Phi) is 3.74. The highest BCUT2D eigenvalue weighted by molar-refractivity contribution is 4.94. The van der Waals surface area contributed by atoms with Gasteiger partial charge in [-0.05, 0) is 5.41 Å². The van der Waals surface area contributed by atoms with Gasteiger partial charge in [-0.15, -0.1) is 0 Å². The first-order chi connectivity index (χ1) is 6.79. The number of ether oxygens (including phenoxy) is 1. The maximum Gasteiger partial charge on any atom is 0.118 e. The van der Waals surface area contributed by atoms with Crippen LogP contribution in [0.25, 0.3) is 0 Å². The Bertz CT molecular complexity index is 212. The van der Waals surface area contributed by atoms with Crippen LogP contribution in [0.15, 0.2) is 0 Å². The molecule has 15 heavy (non-hydrogen) atoms. The van der Waals surface area contributed by atoms with Crippen molar-refractivity contribution in [2.45, 2.75) is 52.1 Å². The molecule has 1 rings (SSSR count). The van der Waals surface area contributed by atoms with E-state index in [1.807, 2.05) is 20.8 Å². The van der Waals surface area contributed by atoms with Gasteiger partial charge in [0.15, 0.2) is 0 Å². The summed E-state index contributed by atoms with van der Waals surface area (Å²) in [6.07, 6.45) is -2.92. The Hall–Kier alpha value is -0.190. The summed E-state index contributed by atoms with van der Waals surface area (Å²) in [5, 5.41) is 19.6. The van der Waals surface area contributed by atoms with Crippen LogP contribution in [0.4, 0.5) is 4.39 Å². The molecule has 0 aliphatic carbocycles. The Balaban J connectivity index is 2.83. The summed E-state index contributed by atoms with van der Waals surface area (Å²) in [6.45, 7) is 6.80. The molecular formula is C11H21FO3. The summed E-state index contributed by atoms with van der Waals surface area (Å²) in [4.78, 5) is 0. The Morgan fingerprint density at radius 1 is 1.20 bits per heavy atom. The lowest BCUT2D eigenvalue weighted by Gasteiger charge is -2.46. The average Bonchev–Trinajstić information content (AvgIpc) is 2.13. The van der Waals surface area contributed by atoms with E-state index in [1.165, 1.54) is 0 Å². The van der Waals surface area contributed by atoms with E-state index in [2.05, 4.69) is 0 Å². The maximum atomic E-state index is 12.6. The smallest absolute Gasteiger partial charge is 0.118 e. The van der Waals surface area contributed by atoms with Crippen molar-refractivity contribution in [3.8, 4) is 0 Å². The lowest BCUT2D eigenvalue weighted by atomic mass is 9.77. The predicted octanol–water partition coefficient (Wildman–Crippen LogP) is 1.13. The normalized spacial score (nSPS) is 43.0. The second-order valence-corrected chi connectivity index (χ2v) is 5.46. The summed E-state index contributed by atoms with van der Waals surface area (Å²) < 4.78 is 18.0. The molecule has 0 saturated carbocycles. The van der Waals surface area contributed by atoms with E-state index in [-0.39, 0.29) is 11.3 Å². The van der Waals surface area contributed by atoms with Gasteiger partial charge in [0.25, 0.3) is 0 Å². The van der Waals surface area contributed by atoms with Crippen LogP contribution in [-0.4, -0.2) is 41.3 Å². The van der Waals surface area contributed by atoms with Crippen molar-refractivity contribution in [3.05, 3.63) is 0 Å². The van der Waals surface area contributed by atoms with Gasteiger partial charge in [-0.25, -0.2) is 4.39 Å². The first-order valence-corrected chi connectivity index (χ1v) is 5.36. The summed E-state index contributed by atoms with van der Waals surface area (Å²) >= 11 is 0. The van der Waals surface area contributed by atoms with Crippen molar-refractivity contribution in [2.75, 3.05) is 6.67 Å². The van der Waals surface area contributed by atoms with Crippen molar-refractivity contribution < 1.29 is 19.3 Å². The highest BCUT2D eigenvalue weighted by atomic mass is 19.1. The zero-order valence-corrected chi connectivity index (χ0v) is 9.77. The van der Waals surface area contributed by atoms with E-state index in [9.17, 15) is 14.6 Å². The van der Waals surface area contributed by atoms with Gasteiger partial charge in [0.1, 0.15) is 12.8 Å². The fraction of sp³-hybridized carbons (Fsp3) is 1.00. The van der Waals surface area contributed by atoms with Crippen molar-refractivity contribution in [3.63, 3.8) is 0 Å². The summed E-state index contributed by atoms with van der Waals surface area (Å²) in [5.74, 6) is -0.358. The minimum atomic E-state index is -0.927. The molecule has 1 fully saturated rings. The van der Waals surface area contributed by atoms with Crippen LogP contribution in [0.2, 0.25) is 0 Å². The predicted molar refractivity (Wildman–Crippen MR) is 55.3 cm³/mol. The summed E-state index contributed by atoms with van der Waals surface area (Å²) in [5.41, 5.74) is -0.263. The molecule has 0 aromatic carbocycles. The molecule has 4 heteroatoms. The van der Waals surface area contributed by atoms with Crippen molar-refractivity contribution in [1.29, 1.82) is 0 Å². The third kappa shape index (κ3) is 2.49. The third-order valence-electron chi connectivity index (χ3n) is 3.10. The number of halogens is 1. The highest BCUT2D eigenvalue weighted by Gasteiger charge is 2.46. The fourth-order valence-electron chi connectivity index (χ4n) is 2.01.